The summed E-state index contributed by atoms with van der Waals surface area (Å²) in [5.41, 5.74) is 13.8. The molecule has 6 rings (SSSR count). The van der Waals surface area contributed by atoms with Crippen molar-refractivity contribution in [2.75, 3.05) is 0 Å². The molecule has 0 N–H and O–H groups in total. The Labute approximate surface area is 160 Å². The maximum atomic E-state index is 2.34. The van der Waals surface area contributed by atoms with Gasteiger partial charge in [0.25, 0.3) is 0 Å². The number of rotatable bonds is 0. The van der Waals surface area contributed by atoms with Gasteiger partial charge >= 0.3 is 0 Å². The predicted octanol–water partition coefficient (Wildman–Crippen LogP) is 6.65. The van der Waals surface area contributed by atoms with Gasteiger partial charge in [0, 0.05) is 0 Å². The molecule has 0 heterocycles. The Hall–Kier alpha value is -3.12. The Kier molecular flexibility index (Phi) is 2.77. The van der Waals surface area contributed by atoms with Gasteiger partial charge in [0.1, 0.15) is 0 Å². The highest BCUT2D eigenvalue weighted by Crippen LogP contribution is 2.63. The van der Waals surface area contributed by atoms with Crippen LogP contribution in [-0.2, 0) is 5.41 Å². The lowest BCUT2D eigenvalue weighted by molar-refractivity contribution is 0.793. The van der Waals surface area contributed by atoms with Crippen LogP contribution in [0.5, 0.6) is 0 Å². The first-order valence-corrected chi connectivity index (χ1v) is 9.64. The van der Waals surface area contributed by atoms with Gasteiger partial charge in [-0.05, 0) is 69.5 Å². The summed E-state index contributed by atoms with van der Waals surface area (Å²) in [5.74, 6) is 0. The zero-order chi connectivity index (χ0) is 18.2. The van der Waals surface area contributed by atoms with Crippen molar-refractivity contribution in [3.8, 4) is 22.3 Å². The predicted molar refractivity (Wildman–Crippen MR) is 112 cm³/mol. The first-order chi connectivity index (χ1) is 13.2. The molecule has 0 saturated heterocycles. The molecule has 2 aliphatic rings. The molecule has 0 bridgehead atoms. The highest BCUT2D eigenvalue weighted by molar-refractivity contribution is 5.96. The lowest BCUT2D eigenvalue weighted by atomic mass is 9.70. The van der Waals surface area contributed by atoms with Crippen LogP contribution in [0.1, 0.15) is 33.4 Å². The van der Waals surface area contributed by atoms with E-state index in [2.05, 4.69) is 98.8 Å². The molecule has 128 valence electrons. The van der Waals surface area contributed by atoms with Gasteiger partial charge in [0.05, 0.1) is 5.41 Å². The van der Waals surface area contributed by atoms with Crippen molar-refractivity contribution in [3.05, 3.63) is 118 Å². The monoisotopic (exact) mass is 344 g/mol. The van der Waals surface area contributed by atoms with Crippen LogP contribution in [0.3, 0.4) is 0 Å². The maximum absolute atomic E-state index is 2.34. The molecule has 0 saturated carbocycles. The van der Waals surface area contributed by atoms with Gasteiger partial charge in [-0.25, -0.2) is 0 Å². The van der Waals surface area contributed by atoms with Crippen molar-refractivity contribution in [2.45, 2.75) is 19.3 Å². The third-order valence-electron chi connectivity index (χ3n) is 6.55. The molecular formula is C27H20. The highest BCUT2D eigenvalue weighted by atomic mass is 14.5. The van der Waals surface area contributed by atoms with Crippen LogP contribution in [0.2, 0.25) is 0 Å². The summed E-state index contributed by atoms with van der Waals surface area (Å²) in [6, 6.07) is 31.6. The molecule has 0 fully saturated rings. The Balaban J connectivity index is 1.90. The van der Waals surface area contributed by atoms with Crippen LogP contribution in [0, 0.1) is 13.8 Å². The van der Waals surface area contributed by atoms with Crippen molar-refractivity contribution in [2.24, 2.45) is 0 Å². The smallest absolute Gasteiger partial charge is 0.0619 e. The number of benzene rings is 4. The lowest BCUT2D eigenvalue weighted by Crippen LogP contribution is -2.25. The summed E-state index contributed by atoms with van der Waals surface area (Å²) < 4.78 is 0. The van der Waals surface area contributed by atoms with Crippen LogP contribution in [0.15, 0.2) is 84.9 Å². The van der Waals surface area contributed by atoms with E-state index < -0.39 is 0 Å². The van der Waals surface area contributed by atoms with Crippen molar-refractivity contribution < 1.29 is 0 Å². The van der Waals surface area contributed by atoms with E-state index in [0.29, 0.717) is 0 Å². The van der Waals surface area contributed by atoms with E-state index >= 15 is 0 Å². The highest BCUT2D eigenvalue weighted by Gasteiger charge is 2.51. The van der Waals surface area contributed by atoms with E-state index in [-0.39, 0.29) is 5.41 Å². The van der Waals surface area contributed by atoms with Gasteiger partial charge in [0.15, 0.2) is 0 Å². The molecule has 27 heavy (non-hydrogen) atoms. The van der Waals surface area contributed by atoms with E-state index in [1.165, 1.54) is 55.6 Å². The maximum Gasteiger partial charge on any atom is 0.0725 e. The number of fused-ring (bicyclic) bond motifs is 10. The zero-order valence-electron chi connectivity index (χ0n) is 15.6. The molecule has 0 aromatic heterocycles. The summed E-state index contributed by atoms with van der Waals surface area (Å²) in [6.45, 7) is 4.49. The van der Waals surface area contributed by atoms with Crippen molar-refractivity contribution in [1.29, 1.82) is 0 Å². The summed E-state index contributed by atoms with van der Waals surface area (Å²) in [6.07, 6.45) is 0. The summed E-state index contributed by atoms with van der Waals surface area (Å²) >= 11 is 0. The molecule has 4 aromatic carbocycles. The minimum absolute atomic E-state index is 0.199. The molecule has 2 aliphatic carbocycles. The Bertz CT molecular complexity index is 1140. The van der Waals surface area contributed by atoms with Crippen molar-refractivity contribution in [3.63, 3.8) is 0 Å². The number of aryl methyl sites for hydroxylation is 2. The van der Waals surface area contributed by atoms with Gasteiger partial charge in [-0.3, -0.25) is 0 Å². The third-order valence-corrected chi connectivity index (χ3v) is 6.55. The second kappa shape index (κ2) is 4.98. The fourth-order valence-electron chi connectivity index (χ4n) is 5.60. The summed E-state index contributed by atoms with van der Waals surface area (Å²) in [7, 11) is 0. The van der Waals surface area contributed by atoms with Gasteiger partial charge in [-0.15, -0.1) is 0 Å². The molecule has 0 unspecified atom stereocenters. The summed E-state index contributed by atoms with van der Waals surface area (Å²) in [4.78, 5) is 0. The molecule has 0 amide bonds. The fourth-order valence-corrected chi connectivity index (χ4v) is 5.60. The minimum Gasteiger partial charge on any atom is -0.0619 e. The van der Waals surface area contributed by atoms with Crippen LogP contribution in [0.25, 0.3) is 22.3 Å². The Morgan fingerprint density at radius 2 is 0.852 bits per heavy atom. The molecule has 0 aliphatic heterocycles. The first kappa shape index (κ1) is 15.0. The molecule has 0 heteroatoms. The normalized spacial score (nSPS) is 14.6. The average Bonchev–Trinajstić information content (AvgIpc) is 3.17. The third kappa shape index (κ3) is 1.60. The molecular weight excluding hydrogens is 324 g/mol. The van der Waals surface area contributed by atoms with Gasteiger partial charge in [-0.2, -0.15) is 0 Å². The number of hydrogen-bond donors (Lipinski definition) is 0. The quantitative estimate of drug-likeness (QED) is 0.289. The SMILES string of the molecule is Cc1cccc2c1-c1ccccc1C21c2ccccc2-c2c(C)cccc21. The largest absolute Gasteiger partial charge is 0.0725 e. The molecule has 0 atom stereocenters. The van der Waals surface area contributed by atoms with E-state index in [1.54, 1.807) is 0 Å². The van der Waals surface area contributed by atoms with Crippen LogP contribution < -0.4 is 0 Å². The zero-order valence-corrected chi connectivity index (χ0v) is 15.6. The fraction of sp³-hybridized carbons (Fsp3) is 0.111. The topological polar surface area (TPSA) is 0 Å². The van der Waals surface area contributed by atoms with Crippen LogP contribution in [-0.4, -0.2) is 0 Å². The van der Waals surface area contributed by atoms with Crippen molar-refractivity contribution >= 4 is 0 Å². The van der Waals surface area contributed by atoms with E-state index in [4.69, 9.17) is 0 Å². The van der Waals surface area contributed by atoms with E-state index in [0.717, 1.165) is 0 Å². The first-order valence-electron chi connectivity index (χ1n) is 9.64. The second-order valence-corrected chi connectivity index (χ2v) is 7.84. The Morgan fingerprint density at radius 3 is 1.33 bits per heavy atom. The summed E-state index contributed by atoms with van der Waals surface area (Å²) in [5, 5.41) is 0. The molecule has 1 spiro atoms. The van der Waals surface area contributed by atoms with Crippen LogP contribution >= 0.6 is 0 Å². The van der Waals surface area contributed by atoms with Gasteiger partial charge < -0.3 is 0 Å². The molecule has 0 nitrogen and oxygen atoms in total. The molecule has 0 radical (unpaired) electrons. The number of hydrogen-bond acceptors (Lipinski definition) is 0. The molecule has 4 aromatic rings. The standard InChI is InChI=1S/C27H20/c1-17-9-7-15-23-25(17)19-11-3-5-13-21(19)27(23)22-14-6-4-12-20(22)26-18(2)10-8-16-24(26)27/h3-16H,1-2H3. The minimum atomic E-state index is -0.199. The second-order valence-electron chi connectivity index (χ2n) is 7.84. The Morgan fingerprint density at radius 1 is 0.444 bits per heavy atom. The van der Waals surface area contributed by atoms with E-state index in [9.17, 15) is 0 Å². The van der Waals surface area contributed by atoms with Crippen molar-refractivity contribution in [1.82, 2.24) is 0 Å². The van der Waals surface area contributed by atoms with Gasteiger partial charge in [0.2, 0.25) is 0 Å². The average molecular weight is 344 g/mol. The van der Waals surface area contributed by atoms with E-state index in [1.807, 2.05) is 0 Å². The van der Waals surface area contributed by atoms with Gasteiger partial charge in [-0.1, -0.05) is 84.9 Å². The van der Waals surface area contributed by atoms with Crippen LogP contribution in [0.4, 0.5) is 0 Å². The lowest BCUT2D eigenvalue weighted by Gasteiger charge is -2.30.